The highest BCUT2D eigenvalue weighted by atomic mass is 32.1. The molecule has 5 rings (SSSR count). The molecule has 0 bridgehead atoms. The van der Waals surface area contributed by atoms with Crippen molar-refractivity contribution in [3.8, 4) is 5.75 Å². The first-order valence-corrected chi connectivity index (χ1v) is 11.6. The number of amides is 2. The van der Waals surface area contributed by atoms with Crippen LogP contribution in [0.5, 0.6) is 5.75 Å². The minimum atomic E-state index is -0.332. The summed E-state index contributed by atoms with van der Waals surface area (Å²) >= 11 is 1.27. The number of fused-ring (bicyclic) bond motifs is 1. The number of aromatic nitrogens is 2. The molecule has 0 aliphatic carbocycles. The third-order valence-electron chi connectivity index (χ3n) is 6.06. The van der Waals surface area contributed by atoms with E-state index in [2.05, 4.69) is 25.5 Å². The van der Waals surface area contributed by atoms with Gasteiger partial charge in [0.25, 0.3) is 11.8 Å². The number of pyridine rings is 1. The zero-order valence-electron chi connectivity index (χ0n) is 18.4. The summed E-state index contributed by atoms with van der Waals surface area (Å²) in [6, 6.07) is 7.79. The van der Waals surface area contributed by atoms with Gasteiger partial charge in [0, 0.05) is 39.1 Å². The molecule has 1 fully saturated rings. The number of benzene rings is 1. The van der Waals surface area contributed by atoms with Gasteiger partial charge in [-0.25, -0.2) is 4.98 Å². The number of hydrogen-bond donors (Lipinski definition) is 2. The van der Waals surface area contributed by atoms with E-state index in [1.807, 2.05) is 25.2 Å². The van der Waals surface area contributed by atoms with Gasteiger partial charge in [0.15, 0.2) is 5.13 Å². The summed E-state index contributed by atoms with van der Waals surface area (Å²) in [5.74, 6) is 0.157. The molecule has 2 aromatic heterocycles. The molecule has 2 N–H and O–H groups in total. The second-order valence-corrected chi connectivity index (χ2v) is 8.83. The topological polar surface area (TPSA) is 99.7 Å². The highest BCUT2D eigenvalue weighted by Crippen LogP contribution is 2.33. The van der Waals surface area contributed by atoms with Crippen LogP contribution >= 0.6 is 11.3 Å². The lowest BCUT2D eigenvalue weighted by Crippen LogP contribution is -2.30. The van der Waals surface area contributed by atoms with Crippen LogP contribution in [0.15, 0.2) is 42.0 Å². The van der Waals surface area contributed by atoms with Crippen molar-refractivity contribution in [3.05, 3.63) is 58.9 Å². The van der Waals surface area contributed by atoms with Crippen molar-refractivity contribution in [2.24, 2.45) is 0 Å². The summed E-state index contributed by atoms with van der Waals surface area (Å²) in [6.45, 7) is 2.19. The van der Waals surface area contributed by atoms with E-state index >= 15 is 0 Å². The number of carbonyl (C=O) groups excluding carboxylic acids is 2. The molecule has 1 aromatic carbocycles. The second kappa shape index (κ2) is 8.80. The second-order valence-electron chi connectivity index (χ2n) is 8.00. The summed E-state index contributed by atoms with van der Waals surface area (Å²) in [4.78, 5) is 38.3. The molecule has 2 aliphatic rings. The van der Waals surface area contributed by atoms with Crippen LogP contribution in [0, 0.1) is 0 Å². The molecule has 174 valence electrons. The van der Waals surface area contributed by atoms with Crippen LogP contribution < -0.4 is 25.2 Å². The SMILES string of the molecule is CNC1CCN(c2ccncc2NC(=O)c2csc(N3Cc4ccc(OC)cc4C3=O)n2)C1.[HH].[HH]. The van der Waals surface area contributed by atoms with E-state index in [9.17, 15) is 9.59 Å². The number of nitrogens with zero attached hydrogens (tertiary/aromatic N) is 4. The van der Waals surface area contributed by atoms with Gasteiger partial charge in [-0.1, -0.05) is 6.07 Å². The van der Waals surface area contributed by atoms with Gasteiger partial charge in [0.1, 0.15) is 11.4 Å². The Balaban J connectivity index is 0.00000171. The molecule has 4 heterocycles. The number of carbonyl (C=O) groups is 2. The van der Waals surface area contributed by atoms with E-state index in [1.165, 1.54) is 11.3 Å². The van der Waals surface area contributed by atoms with Gasteiger partial charge < -0.3 is 20.3 Å². The maximum absolute atomic E-state index is 13.0. The summed E-state index contributed by atoms with van der Waals surface area (Å²) in [6.07, 6.45) is 4.42. The lowest BCUT2D eigenvalue weighted by Gasteiger charge is -2.21. The largest absolute Gasteiger partial charge is 0.497 e. The average Bonchev–Trinajstić information content (AvgIpc) is 3.58. The summed E-state index contributed by atoms with van der Waals surface area (Å²) in [5, 5.41) is 8.41. The van der Waals surface area contributed by atoms with E-state index in [4.69, 9.17) is 4.74 Å². The molecule has 9 nitrogen and oxygen atoms in total. The Morgan fingerprint density at radius 2 is 2.21 bits per heavy atom. The Hall–Kier alpha value is -3.50. The number of ether oxygens (including phenoxy) is 1. The van der Waals surface area contributed by atoms with Crippen LogP contribution in [0.25, 0.3) is 0 Å². The number of methoxy groups -OCH3 is 1. The zero-order chi connectivity index (χ0) is 22.9. The maximum atomic E-state index is 13.0. The molecule has 33 heavy (non-hydrogen) atoms. The van der Waals surface area contributed by atoms with Crippen LogP contribution in [0.4, 0.5) is 16.5 Å². The smallest absolute Gasteiger partial charge is 0.275 e. The van der Waals surface area contributed by atoms with Gasteiger partial charge in [-0.05, 0) is 37.2 Å². The van der Waals surface area contributed by atoms with Crippen LogP contribution in [0.3, 0.4) is 0 Å². The van der Waals surface area contributed by atoms with Gasteiger partial charge in [0.05, 0.1) is 31.2 Å². The maximum Gasteiger partial charge on any atom is 0.275 e. The molecule has 2 amide bonds. The number of hydrogen-bond acceptors (Lipinski definition) is 8. The Morgan fingerprint density at radius 1 is 1.33 bits per heavy atom. The molecule has 10 heteroatoms. The minimum Gasteiger partial charge on any atom is -0.497 e. The summed E-state index contributed by atoms with van der Waals surface area (Å²) in [7, 11) is 3.53. The van der Waals surface area contributed by atoms with Crippen molar-refractivity contribution < 1.29 is 17.2 Å². The van der Waals surface area contributed by atoms with E-state index < -0.39 is 0 Å². The molecule has 1 unspecified atom stereocenters. The molecular weight excluding hydrogens is 440 g/mol. The Labute approximate surface area is 198 Å². The zero-order valence-corrected chi connectivity index (χ0v) is 19.2. The number of likely N-dealkylation sites (N-methyl/N-ethyl adjacent to an activating group) is 1. The quantitative estimate of drug-likeness (QED) is 0.573. The molecule has 0 saturated carbocycles. The average molecular weight is 469 g/mol. The van der Waals surface area contributed by atoms with Crippen molar-refractivity contribution in [3.63, 3.8) is 0 Å². The fourth-order valence-corrected chi connectivity index (χ4v) is 5.02. The lowest BCUT2D eigenvalue weighted by atomic mass is 10.1. The molecule has 2 aliphatic heterocycles. The van der Waals surface area contributed by atoms with E-state index in [0.29, 0.717) is 34.7 Å². The van der Waals surface area contributed by atoms with Crippen LogP contribution in [-0.4, -0.2) is 55.1 Å². The number of nitrogens with one attached hydrogen (secondary N) is 2. The molecule has 3 aromatic rings. The molecule has 1 saturated heterocycles. The van der Waals surface area contributed by atoms with Crippen molar-refractivity contribution >= 4 is 39.7 Å². The summed E-state index contributed by atoms with van der Waals surface area (Å²) in [5.41, 5.74) is 3.35. The Kier molecular flexibility index (Phi) is 5.69. The normalized spacial score (nSPS) is 17.4. The van der Waals surface area contributed by atoms with Crippen molar-refractivity contribution in [2.75, 3.05) is 42.4 Å². The lowest BCUT2D eigenvalue weighted by molar-refractivity contribution is 0.0991. The fraction of sp³-hybridized carbons (Fsp3) is 0.304. The monoisotopic (exact) mass is 468 g/mol. The van der Waals surface area contributed by atoms with Gasteiger partial charge in [-0.15, -0.1) is 11.3 Å². The predicted octanol–water partition coefficient (Wildman–Crippen LogP) is 3.25. The fourth-order valence-electron chi connectivity index (χ4n) is 4.21. The molecular formula is C23H28N6O3S. The Morgan fingerprint density at radius 3 is 3.00 bits per heavy atom. The number of anilines is 3. The van der Waals surface area contributed by atoms with Gasteiger partial charge >= 0.3 is 0 Å². The van der Waals surface area contributed by atoms with E-state index in [-0.39, 0.29) is 20.4 Å². The summed E-state index contributed by atoms with van der Waals surface area (Å²) < 4.78 is 5.23. The van der Waals surface area contributed by atoms with Crippen molar-refractivity contribution in [2.45, 2.75) is 19.0 Å². The first-order valence-electron chi connectivity index (χ1n) is 10.7. The molecule has 0 radical (unpaired) electrons. The van der Waals surface area contributed by atoms with E-state index in [1.54, 1.807) is 35.8 Å². The highest BCUT2D eigenvalue weighted by Gasteiger charge is 2.31. The van der Waals surface area contributed by atoms with Gasteiger partial charge in [0.2, 0.25) is 0 Å². The first-order chi connectivity index (χ1) is 16.1. The molecule has 1 atom stereocenters. The van der Waals surface area contributed by atoms with Crippen molar-refractivity contribution in [1.29, 1.82) is 0 Å². The van der Waals surface area contributed by atoms with Crippen LogP contribution in [-0.2, 0) is 6.54 Å². The number of thiazole rings is 1. The van der Waals surface area contributed by atoms with Crippen molar-refractivity contribution in [1.82, 2.24) is 15.3 Å². The predicted molar refractivity (Wildman–Crippen MR) is 132 cm³/mol. The standard InChI is InChI=1S/C23H24N6O3S.2H2/c1-24-15-6-8-28(12-15)20-5-7-25-10-18(20)26-21(30)19-13-33-23(27-19)29-11-14-3-4-16(32-2)9-17(14)22(29)31;;/h3-5,7,9-10,13,15,24H,6,8,11-12H2,1-2H3,(H,26,30);2*1H. The van der Waals surface area contributed by atoms with Crippen LogP contribution in [0.1, 0.15) is 35.7 Å². The molecule has 0 spiro atoms. The van der Waals surface area contributed by atoms with Gasteiger partial charge in [-0.3, -0.25) is 19.5 Å². The van der Waals surface area contributed by atoms with Crippen LogP contribution in [0.2, 0.25) is 0 Å². The number of rotatable bonds is 6. The highest BCUT2D eigenvalue weighted by molar-refractivity contribution is 7.14. The third-order valence-corrected chi connectivity index (χ3v) is 6.92. The first kappa shape index (κ1) is 21.4. The van der Waals surface area contributed by atoms with E-state index in [0.717, 1.165) is 30.8 Å². The minimum absolute atomic E-state index is 0. The third kappa shape index (κ3) is 4.03. The van der Waals surface area contributed by atoms with Gasteiger partial charge in [-0.2, -0.15) is 0 Å². The Bertz CT molecular complexity index is 1220.